The van der Waals surface area contributed by atoms with E-state index in [1.807, 2.05) is 0 Å². The van der Waals surface area contributed by atoms with Crippen molar-refractivity contribution in [2.24, 2.45) is 11.7 Å². The van der Waals surface area contributed by atoms with Crippen LogP contribution >= 0.6 is 11.3 Å². The second-order valence-corrected chi connectivity index (χ2v) is 10.7. The molecule has 0 bridgehead atoms. The number of nitrogens with two attached hydrogens (primary N) is 1. The van der Waals surface area contributed by atoms with E-state index in [-0.39, 0.29) is 39.7 Å². The molecule has 3 atom stereocenters. The summed E-state index contributed by atoms with van der Waals surface area (Å²) in [6, 6.07) is 10.3. The molecule has 1 aromatic heterocycles. The van der Waals surface area contributed by atoms with Gasteiger partial charge in [-0.15, -0.1) is 11.3 Å². The summed E-state index contributed by atoms with van der Waals surface area (Å²) in [7, 11) is 0. The quantitative estimate of drug-likeness (QED) is 0.468. The first-order chi connectivity index (χ1) is 18.6. The van der Waals surface area contributed by atoms with Crippen LogP contribution in [-0.4, -0.2) is 58.7 Å². The maximum atomic E-state index is 13.4. The number of ether oxygens (including phenoxy) is 2. The average molecular weight is 562 g/mol. The molecule has 12 heteroatoms. The lowest BCUT2D eigenvalue weighted by Gasteiger charge is -2.26. The first-order valence-electron chi connectivity index (χ1n) is 12.4. The van der Waals surface area contributed by atoms with Gasteiger partial charge < -0.3 is 25.2 Å². The van der Waals surface area contributed by atoms with Crippen molar-refractivity contribution in [1.82, 2.24) is 9.88 Å². The summed E-state index contributed by atoms with van der Waals surface area (Å²) in [4.78, 5) is 30.2. The molecule has 2 fully saturated rings. The van der Waals surface area contributed by atoms with Gasteiger partial charge in [0, 0.05) is 24.2 Å². The molecule has 2 aliphatic heterocycles. The van der Waals surface area contributed by atoms with Crippen molar-refractivity contribution in [3.8, 4) is 21.9 Å². The number of fused-ring (bicyclic) bond motifs is 2. The van der Waals surface area contributed by atoms with Crippen LogP contribution in [0.15, 0.2) is 42.5 Å². The predicted octanol–water partition coefficient (Wildman–Crippen LogP) is 4.86. The van der Waals surface area contributed by atoms with Gasteiger partial charge in [0.2, 0.25) is 0 Å². The van der Waals surface area contributed by atoms with Crippen molar-refractivity contribution in [1.29, 1.82) is 0 Å². The van der Waals surface area contributed by atoms with E-state index in [1.54, 1.807) is 30.0 Å². The third-order valence-electron chi connectivity index (χ3n) is 6.93. The van der Waals surface area contributed by atoms with Crippen molar-refractivity contribution in [3.63, 3.8) is 0 Å². The van der Waals surface area contributed by atoms with Crippen molar-refractivity contribution >= 4 is 23.2 Å². The molecule has 1 aliphatic carbocycles. The number of carbonyl (C=O) groups is 2. The largest absolute Gasteiger partial charge is 0.486 e. The summed E-state index contributed by atoms with van der Waals surface area (Å²) in [5, 5.41) is 9.37. The molecule has 1 saturated carbocycles. The van der Waals surface area contributed by atoms with Crippen LogP contribution in [0.25, 0.3) is 10.4 Å². The Balaban J connectivity index is 0.000000198. The Morgan fingerprint density at radius 1 is 1.13 bits per heavy atom. The number of likely N-dealkylation sites (tertiary alicyclic amines) is 1. The molecular weight excluding hydrogens is 535 g/mol. The molecule has 3 aliphatic rings. The Labute approximate surface area is 226 Å². The second-order valence-electron chi connectivity index (χ2n) is 9.49. The van der Waals surface area contributed by atoms with E-state index in [4.69, 9.17) is 20.3 Å². The Hall–Kier alpha value is -3.64. The van der Waals surface area contributed by atoms with Gasteiger partial charge >= 0.3 is 12.1 Å². The molecule has 6 rings (SSSR count). The van der Waals surface area contributed by atoms with E-state index in [9.17, 15) is 22.8 Å². The van der Waals surface area contributed by atoms with Crippen LogP contribution in [-0.2, 0) is 6.18 Å². The molecule has 3 N–H and O–H groups in total. The molecule has 2 aromatic carbocycles. The summed E-state index contributed by atoms with van der Waals surface area (Å²) in [5.74, 6) is 0.00896. The highest BCUT2D eigenvalue weighted by molar-refractivity contribution is 7.15. The number of rotatable bonds is 4. The van der Waals surface area contributed by atoms with Gasteiger partial charge in [-0.05, 0) is 43.9 Å². The normalized spacial score (nSPS) is 21.1. The Morgan fingerprint density at radius 3 is 2.59 bits per heavy atom. The SMILES string of the molecule is Cc1nc(C(=O)N2[C@H](CN)C[C@@H]3C[C@@H]32)c(-c2ccccc2C(F)(F)F)s1.O=C(O)c1cccc2c1OCCO2. The van der Waals surface area contributed by atoms with Gasteiger partial charge in [-0.3, -0.25) is 4.79 Å². The predicted molar refractivity (Wildman–Crippen MR) is 137 cm³/mol. The fraction of sp³-hybridized carbons (Fsp3) is 0.370. The number of carboxylic acid groups (broad SMARTS) is 1. The number of carbonyl (C=O) groups excluding carboxylic acids is 1. The summed E-state index contributed by atoms with van der Waals surface area (Å²) in [6.07, 6.45) is -2.69. The third kappa shape index (κ3) is 5.30. The number of aromatic carboxylic acids is 1. The monoisotopic (exact) mass is 561 g/mol. The van der Waals surface area contributed by atoms with Crippen LogP contribution in [0.4, 0.5) is 13.2 Å². The molecule has 0 radical (unpaired) electrons. The fourth-order valence-corrected chi connectivity index (χ4v) is 6.08. The zero-order valence-corrected chi connectivity index (χ0v) is 21.7. The summed E-state index contributed by atoms with van der Waals surface area (Å²) >= 11 is 1.12. The van der Waals surface area contributed by atoms with Gasteiger partial charge in [0.1, 0.15) is 24.5 Å². The number of piperidine rings is 1. The fourth-order valence-electron chi connectivity index (χ4n) is 5.13. The van der Waals surface area contributed by atoms with Gasteiger partial charge in [-0.1, -0.05) is 24.3 Å². The first kappa shape index (κ1) is 26.9. The van der Waals surface area contributed by atoms with Crippen LogP contribution in [0.5, 0.6) is 11.5 Å². The smallest absolute Gasteiger partial charge is 0.417 e. The molecule has 3 heterocycles. The highest BCUT2D eigenvalue weighted by Gasteiger charge is 2.54. The van der Waals surface area contributed by atoms with Crippen molar-refractivity contribution in [2.45, 2.75) is 38.0 Å². The summed E-state index contributed by atoms with van der Waals surface area (Å²) in [6.45, 7) is 2.93. The minimum Gasteiger partial charge on any atom is -0.486 e. The Kier molecular flexibility index (Phi) is 7.25. The maximum absolute atomic E-state index is 13.4. The summed E-state index contributed by atoms with van der Waals surface area (Å²) in [5.41, 5.74) is 5.31. The number of amides is 1. The Morgan fingerprint density at radius 2 is 1.87 bits per heavy atom. The zero-order valence-electron chi connectivity index (χ0n) is 20.9. The molecule has 39 heavy (non-hydrogen) atoms. The number of nitrogens with zero attached hydrogens (tertiary/aromatic N) is 2. The van der Waals surface area contributed by atoms with Gasteiger partial charge in [0.05, 0.1) is 15.4 Å². The lowest BCUT2D eigenvalue weighted by Crippen LogP contribution is -2.42. The Bertz CT molecular complexity index is 1410. The topological polar surface area (TPSA) is 115 Å². The number of hydrogen-bond donors (Lipinski definition) is 2. The van der Waals surface area contributed by atoms with E-state index < -0.39 is 17.7 Å². The number of alkyl halides is 3. The van der Waals surface area contributed by atoms with E-state index >= 15 is 0 Å². The van der Waals surface area contributed by atoms with Crippen molar-refractivity contribution in [3.05, 3.63) is 64.3 Å². The molecule has 1 saturated heterocycles. The molecule has 0 spiro atoms. The van der Waals surface area contributed by atoms with E-state index in [2.05, 4.69) is 4.98 Å². The van der Waals surface area contributed by atoms with Crippen LogP contribution in [0.3, 0.4) is 0 Å². The van der Waals surface area contributed by atoms with Crippen molar-refractivity contribution < 1.29 is 37.3 Å². The minimum absolute atomic E-state index is 0.00444. The first-order valence-corrected chi connectivity index (χ1v) is 13.2. The number of benzene rings is 2. The molecule has 3 aromatic rings. The number of carboxylic acids is 1. The highest BCUT2D eigenvalue weighted by atomic mass is 32.1. The number of halogens is 3. The van der Waals surface area contributed by atoms with Crippen molar-refractivity contribution in [2.75, 3.05) is 19.8 Å². The van der Waals surface area contributed by atoms with E-state index in [0.717, 1.165) is 30.2 Å². The standard InChI is InChI=1S/C18H18F3N3OS.C9H8O4/c1-9-23-15(17(25)24-11(8-22)6-10-7-14(10)24)16(26-9)12-4-2-3-5-13(12)18(19,20)21;10-9(11)6-2-1-3-7-8(6)13-5-4-12-7/h2-5,10-11,14H,6-8,22H2,1H3;1-3H,4-5H2,(H,10,11)/t10-,11+,14+;/m1./s1. The average Bonchev–Trinajstić information content (AvgIpc) is 3.41. The number of thiazole rings is 1. The van der Waals surface area contributed by atoms with Gasteiger partial charge in [-0.25, -0.2) is 9.78 Å². The molecular formula is C27H26F3N3O5S. The number of hydrogen-bond acceptors (Lipinski definition) is 7. The lowest BCUT2D eigenvalue weighted by molar-refractivity contribution is -0.137. The molecule has 206 valence electrons. The van der Waals surface area contributed by atoms with Crippen LogP contribution in [0.1, 0.15) is 44.3 Å². The van der Waals surface area contributed by atoms with Gasteiger partial charge in [0.25, 0.3) is 5.91 Å². The molecule has 8 nitrogen and oxygen atoms in total. The highest BCUT2D eigenvalue weighted by Crippen LogP contribution is 2.49. The lowest BCUT2D eigenvalue weighted by atomic mass is 10.0. The van der Waals surface area contributed by atoms with Gasteiger partial charge in [0.15, 0.2) is 11.5 Å². The minimum atomic E-state index is -4.50. The summed E-state index contributed by atoms with van der Waals surface area (Å²) < 4.78 is 50.7. The van der Waals surface area contributed by atoms with Crippen LogP contribution < -0.4 is 15.2 Å². The maximum Gasteiger partial charge on any atom is 0.417 e. The molecule has 1 amide bonds. The zero-order chi connectivity index (χ0) is 27.9. The van der Waals surface area contributed by atoms with E-state index in [0.29, 0.717) is 42.2 Å². The van der Waals surface area contributed by atoms with E-state index in [1.165, 1.54) is 18.2 Å². The number of aryl methyl sites for hydroxylation is 1. The molecule has 0 unspecified atom stereocenters. The van der Waals surface area contributed by atoms with Crippen LogP contribution in [0, 0.1) is 12.8 Å². The van der Waals surface area contributed by atoms with Gasteiger partial charge in [-0.2, -0.15) is 13.2 Å². The number of para-hydroxylation sites is 1. The number of aromatic nitrogens is 1. The third-order valence-corrected chi connectivity index (χ3v) is 7.93. The van der Waals surface area contributed by atoms with Crippen LogP contribution in [0.2, 0.25) is 0 Å². The second kappa shape index (κ2) is 10.5.